The minimum absolute atomic E-state index is 0.0546. The molecule has 2 fully saturated rings. The van der Waals surface area contributed by atoms with Crippen LogP contribution in [0.4, 0.5) is 0 Å². The van der Waals surface area contributed by atoms with E-state index in [4.69, 9.17) is 4.74 Å². The van der Waals surface area contributed by atoms with Gasteiger partial charge in [0.25, 0.3) is 0 Å². The SMILES string of the molecule is CC1COC(N(C=O)C(C(=O)NC(C)(C)C)C2(C)CCCCC2)C(C)C1C. The molecule has 5 heteroatoms. The molecule has 0 aromatic rings. The molecule has 2 rings (SSSR count). The molecule has 1 saturated carbocycles. The van der Waals surface area contributed by atoms with Crippen molar-refractivity contribution >= 4 is 12.3 Å². The lowest BCUT2D eigenvalue weighted by atomic mass is 9.69. The molecule has 0 aromatic heterocycles. The predicted octanol–water partition coefficient (Wildman–Crippen LogP) is 3.96. The zero-order valence-electron chi connectivity index (χ0n) is 18.4. The van der Waals surface area contributed by atoms with Crippen LogP contribution < -0.4 is 5.32 Å². The second-order valence-electron chi connectivity index (χ2n) is 10.3. The average molecular weight is 381 g/mol. The van der Waals surface area contributed by atoms with Crippen molar-refractivity contribution in [1.29, 1.82) is 0 Å². The summed E-state index contributed by atoms with van der Waals surface area (Å²) < 4.78 is 6.14. The second-order valence-corrected chi connectivity index (χ2v) is 10.3. The molecule has 0 radical (unpaired) electrons. The van der Waals surface area contributed by atoms with Crippen LogP contribution in [0.5, 0.6) is 0 Å². The van der Waals surface area contributed by atoms with Crippen LogP contribution in [0.2, 0.25) is 0 Å². The van der Waals surface area contributed by atoms with E-state index < -0.39 is 6.04 Å². The maximum atomic E-state index is 13.4. The van der Waals surface area contributed by atoms with Gasteiger partial charge in [-0.2, -0.15) is 0 Å². The van der Waals surface area contributed by atoms with Crippen molar-refractivity contribution in [3.63, 3.8) is 0 Å². The summed E-state index contributed by atoms with van der Waals surface area (Å²) >= 11 is 0. The van der Waals surface area contributed by atoms with E-state index in [1.54, 1.807) is 4.90 Å². The molecular weight excluding hydrogens is 340 g/mol. The third-order valence-electron chi connectivity index (χ3n) is 6.82. The molecule has 1 aliphatic carbocycles. The Balaban J connectivity index is 2.37. The molecule has 1 heterocycles. The van der Waals surface area contributed by atoms with Crippen LogP contribution in [0, 0.1) is 23.2 Å². The first-order chi connectivity index (χ1) is 12.5. The number of nitrogens with zero attached hydrogens (tertiary/aromatic N) is 1. The molecule has 27 heavy (non-hydrogen) atoms. The summed E-state index contributed by atoms with van der Waals surface area (Å²) in [5.74, 6) is 1.03. The Kier molecular flexibility index (Phi) is 6.99. The van der Waals surface area contributed by atoms with Gasteiger partial charge in [0.2, 0.25) is 12.3 Å². The van der Waals surface area contributed by atoms with E-state index in [0.29, 0.717) is 18.4 Å². The highest BCUT2D eigenvalue weighted by molar-refractivity contribution is 5.85. The number of carbonyl (C=O) groups excluding carboxylic acids is 2. The van der Waals surface area contributed by atoms with Crippen molar-refractivity contribution in [2.24, 2.45) is 23.2 Å². The van der Waals surface area contributed by atoms with E-state index in [2.05, 4.69) is 33.0 Å². The summed E-state index contributed by atoms with van der Waals surface area (Å²) in [6.07, 6.45) is 5.86. The van der Waals surface area contributed by atoms with Gasteiger partial charge in [-0.15, -0.1) is 0 Å². The summed E-state index contributed by atoms with van der Waals surface area (Å²) in [5.41, 5.74) is -0.556. The Morgan fingerprint density at radius 2 is 1.74 bits per heavy atom. The molecule has 2 aliphatic rings. The minimum atomic E-state index is -0.498. The van der Waals surface area contributed by atoms with E-state index in [0.717, 1.165) is 32.1 Å². The molecule has 5 nitrogen and oxygen atoms in total. The van der Waals surface area contributed by atoms with Gasteiger partial charge in [-0.1, -0.05) is 47.0 Å². The molecule has 1 N–H and O–H groups in total. The van der Waals surface area contributed by atoms with E-state index in [9.17, 15) is 9.59 Å². The summed E-state index contributed by atoms with van der Waals surface area (Å²) in [5, 5.41) is 3.14. The molecule has 1 aliphatic heterocycles. The Morgan fingerprint density at radius 3 is 2.26 bits per heavy atom. The quantitative estimate of drug-likeness (QED) is 0.734. The summed E-state index contributed by atoms with van der Waals surface area (Å²) in [6.45, 7) is 15.3. The van der Waals surface area contributed by atoms with Crippen LogP contribution in [0.15, 0.2) is 0 Å². The lowest BCUT2D eigenvalue weighted by Crippen LogP contribution is -2.63. The van der Waals surface area contributed by atoms with Crippen LogP contribution in [-0.4, -0.2) is 41.6 Å². The Morgan fingerprint density at radius 1 is 1.15 bits per heavy atom. The second kappa shape index (κ2) is 8.50. The Bertz CT molecular complexity index is 522. The van der Waals surface area contributed by atoms with E-state index in [1.165, 1.54) is 6.42 Å². The highest BCUT2D eigenvalue weighted by atomic mass is 16.5. The van der Waals surface area contributed by atoms with Gasteiger partial charge in [-0.05, 0) is 50.9 Å². The fraction of sp³-hybridized carbons (Fsp3) is 0.909. The minimum Gasteiger partial charge on any atom is -0.358 e. The summed E-state index contributed by atoms with van der Waals surface area (Å²) in [7, 11) is 0. The largest absolute Gasteiger partial charge is 0.358 e. The standard InChI is InChI=1S/C22H40N2O3/c1-15-13-27-20(17(3)16(15)2)24(14-25)18(19(26)23-21(4,5)6)22(7)11-9-8-10-12-22/h14-18,20H,8-13H2,1-7H3,(H,23,26). The first-order valence-corrected chi connectivity index (χ1v) is 10.7. The molecule has 5 atom stereocenters. The lowest BCUT2D eigenvalue weighted by Gasteiger charge is -2.50. The number of hydrogen-bond donors (Lipinski definition) is 1. The first-order valence-electron chi connectivity index (χ1n) is 10.7. The van der Waals surface area contributed by atoms with Crippen molar-refractivity contribution < 1.29 is 14.3 Å². The number of amides is 2. The zero-order chi connectivity index (χ0) is 20.4. The van der Waals surface area contributed by atoms with Crippen LogP contribution in [0.3, 0.4) is 0 Å². The van der Waals surface area contributed by atoms with Crippen LogP contribution in [-0.2, 0) is 14.3 Å². The van der Waals surface area contributed by atoms with Gasteiger partial charge in [0.15, 0.2) is 0 Å². The van der Waals surface area contributed by atoms with Crippen molar-refractivity contribution in [3.05, 3.63) is 0 Å². The first kappa shape index (κ1) is 22.2. The predicted molar refractivity (Wildman–Crippen MR) is 108 cm³/mol. The topological polar surface area (TPSA) is 58.6 Å². The van der Waals surface area contributed by atoms with Crippen molar-refractivity contribution in [2.45, 2.75) is 98.4 Å². The number of carbonyl (C=O) groups is 2. The summed E-state index contributed by atoms with van der Waals surface area (Å²) in [4.78, 5) is 27.4. The van der Waals surface area contributed by atoms with Crippen molar-refractivity contribution in [2.75, 3.05) is 6.61 Å². The van der Waals surface area contributed by atoms with Gasteiger partial charge >= 0.3 is 0 Å². The number of ether oxygens (including phenoxy) is 1. The Hall–Kier alpha value is -1.10. The number of rotatable bonds is 5. The van der Waals surface area contributed by atoms with Gasteiger partial charge in [0.1, 0.15) is 12.3 Å². The molecule has 1 saturated heterocycles. The van der Waals surface area contributed by atoms with E-state index in [-0.39, 0.29) is 29.0 Å². The molecule has 0 spiro atoms. The smallest absolute Gasteiger partial charge is 0.243 e. The van der Waals surface area contributed by atoms with Gasteiger partial charge in [0.05, 0.1) is 6.61 Å². The molecule has 0 bridgehead atoms. The van der Waals surface area contributed by atoms with Crippen LogP contribution >= 0.6 is 0 Å². The van der Waals surface area contributed by atoms with Crippen molar-refractivity contribution in [1.82, 2.24) is 10.2 Å². The van der Waals surface area contributed by atoms with Gasteiger partial charge < -0.3 is 15.0 Å². The highest BCUT2D eigenvalue weighted by Crippen LogP contribution is 2.43. The monoisotopic (exact) mass is 380 g/mol. The zero-order valence-corrected chi connectivity index (χ0v) is 18.4. The third kappa shape index (κ3) is 5.04. The fourth-order valence-corrected chi connectivity index (χ4v) is 4.84. The van der Waals surface area contributed by atoms with Gasteiger partial charge in [-0.3, -0.25) is 9.59 Å². The Labute approximate surface area is 165 Å². The maximum Gasteiger partial charge on any atom is 0.243 e. The fourth-order valence-electron chi connectivity index (χ4n) is 4.84. The lowest BCUT2D eigenvalue weighted by molar-refractivity contribution is -0.185. The molecule has 2 amide bonds. The number of nitrogens with one attached hydrogen (secondary N) is 1. The summed E-state index contributed by atoms with van der Waals surface area (Å²) in [6, 6.07) is -0.498. The highest BCUT2D eigenvalue weighted by Gasteiger charge is 2.48. The molecule has 0 aromatic carbocycles. The molecule has 5 unspecified atom stereocenters. The van der Waals surface area contributed by atoms with Gasteiger partial charge in [-0.25, -0.2) is 0 Å². The van der Waals surface area contributed by atoms with E-state index >= 15 is 0 Å². The average Bonchev–Trinajstić information content (AvgIpc) is 2.57. The third-order valence-corrected chi connectivity index (χ3v) is 6.82. The van der Waals surface area contributed by atoms with Gasteiger partial charge in [0, 0.05) is 11.5 Å². The van der Waals surface area contributed by atoms with Crippen LogP contribution in [0.1, 0.15) is 80.6 Å². The van der Waals surface area contributed by atoms with Crippen LogP contribution in [0.25, 0.3) is 0 Å². The molecule has 156 valence electrons. The maximum absolute atomic E-state index is 13.4. The molecular formula is C22H40N2O3. The van der Waals surface area contributed by atoms with E-state index in [1.807, 2.05) is 20.8 Å². The normalized spacial score (nSPS) is 32.4. The van der Waals surface area contributed by atoms with Crippen molar-refractivity contribution in [3.8, 4) is 0 Å². The number of hydrogen-bond acceptors (Lipinski definition) is 3.